The zero-order valence-corrected chi connectivity index (χ0v) is 35.1. The Labute approximate surface area is 342 Å². The quantitative estimate of drug-likeness (QED) is 0.0504. The van der Waals surface area contributed by atoms with Gasteiger partial charge in [-0.3, -0.25) is 10.1 Å². The molecule has 1 heterocycles. The molecule has 0 aliphatic heterocycles. The number of aryl methyl sites for hydroxylation is 1. The predicted molar refractivity (Wildman–Crippen MR) is 237 cm³/mol. The maximum Gasteiger partial charge on any atom is 0.409 e. The van der Waals surface area contributed by atoms with Crippen molar-refractivity contribution in [3.8, 4) is 22.6 Å². The normalized spacial score (nSPS) is 12.3. The van der Waals surface area contributed by atoms with Gasteiger partial charge in [-0.2, -0.15) is 0 Å². The van der Waals surface area contributed by atoms with Gasteiger partial charge in [-0.15, -0.1) is 0 Å². The van der Waals surface area contributed by atoms with E-state index in [9.17, 15) is 14.7 Å². The summed E-state index contributed by atoms with van der Waals surface area (Å²) >= 11 is 0. The Morgan fingerprint density at radius 2 is 1.50 bits per heavy atom. The van der Waals surface area contributed by atoms with Crippen LogP contribution in [0.15, 0.2) is 132 Å². The minimum atomic E-state index is -2.19. The molecule has 10 heteroatoms. The molecule has 0 saturated carbocycles. The van der Waals surface area contributed by atoms with Crippen LogP contribution in [0.1, 0.15) is 55.5 Å². The van der Waals surface area contributed by atoms with E-state index in [0.29, 0.717) is 36.7 Å². The summed E-state index contributed by atoms with van der Waals surface area (Å²) < 4.78 is 19.4. The molecule has 0 fully saturated rings. The van der Waals surface area contributed by atoms with E-state index in [0.717, 1.165) is 64.8 Å². The highest BCUT2D eigenvalue weighted by atomic mass is 28.4. The highest BCUT2D eigenvalue weighted by molar-refractivity contribution is 6.74. The molecule has 58 heavy (non-hydrogen) atoms. The monoisotopic (exact) mass is 797 g/mol. The van der Waals surface area contributed by atoms with Gasteiger partial charge >= 0.3 is 6.09 Å². The van der Waals surface area contributed by atoms with Crippen LogP contribution in [0.2, 0.25) is 18.1 Å². The molecule has 4 N–H and O–H groups in total. The number of pyridine rings is 1. The van der Waals surface area contributed by atoms with Crippen molar-refractivity contribution in [2.75, 3.05) is 25.0 Å². The van der Waals surface area contributed by atoms with Crippen LogP contribution in [0.3, 0.4) is 0 Å². The fourth-order valence-corrected chi connectivity index (χ4v) is 7.93. The highest BCUT2D eigenvalue weighted by Gasteiger charge is 2.39. The number of fused-ring (bicyclic) bond motifs is 1. The lowest BCUT2D eigenvalue weighted by atomic mass is 10.00. The van der Waals surface area contributed by atoms with E-state index in [4.69, 9.17) is 13.9 Å². The molecule has 0 radical (unpaired) electrons. The van der Waals surface area contributed by atoms with Crippen molar-refractivity contribution in [1.82, 2.24) is 10.3 Å². The standard InChI is InChI=1S/C48H55N3O6Si/c1-48(2,3)58(4,5)57-44(40-24-26-43(46-41(40)25-27-45(52)51-46)56-33-36-13-8-6-9-14-36)32-49-29-28-34-18-21-38(22-19-34)55-30-12-15-35-20-23-39(37-16-10-7-11-17-37)42(31-35)50-47(53)54/h6-11,13-14,16-27,31,44,49-50H,12,15,28-30,32-33H2,1-5H3,(H,51,52)(H,53,54)/t44-/m1/s1. The number of aromatic amines is 1. The van der Waals surface area contributed by atoms with E-state index in [1.807, 2.05) is 103 Å². The highest BCUT2D eigenvalue weighted by Crippen LogP contribution is 2.41. The first-order valence-electron chi connectivity index (χ1n) is 20.0. The number of benzene rings is 5. The Bertz CT molecular complexity index is 2320. The molecule has 302 valence electrons. The summed E-state index contributed by atoms with van der Waals surface area (Å²) in [6, 6.07) is 41.4. The predicted octanol–water partition coefficient (Wildman–Crippen LogP) is 10.8. The number of aromatic nitrogens is 1. The van der Waals surface area contributed by atoms with Crippen molar-refractivity contribution in [3.05, 3.63) is 160 Å². The summed E-state index contributed by atoms with van der Waals surface area (Å²) in [5.41, 5.74) is 7.18. The number of carbonyl (C=O) groups is 1. The summed E-state index contributed by atoms with van der Waals surface area (Å²) in [5.74, 6) is 1.44. The first-order valence-corrected chi connectivity index (χ1v) is 22.9. The first-order chi connectivity index (χ1) is 27.9. The van der Waals surface area contributed by atoms with Crippen LogP contribution in [-0.4, -0.2) is 44.2 Å². The number of hydrogen-bond acceptors (Lipinski definition) is 6. The smallest absolute Gasteiger partial charge is 0.409 e. The Morgan fingerprint density at radius 3 is 2.21 bits per heavy atom. The Hall–Kier alpha value is -5.68. The third-order valence-electron chi connectivity index (χ3n) is 10.9. The van der Waals surface area contributed by atoms with Crippen LogP contribution in [0.5, 0.6) is 11.5 Å². The van der Waals surface area contributed by atoms with Gasteiger partial charge in [0.1, 0.15) is 18.1 Å². The second-order valence-electron chi connectivity index (χ2n) is 16.1. The molecule has 6 aromatic rings. The molecular weight excluding hydrogens is 743 g/mol. The zero-order chi connectivity index (χ0) is 41.1. The summed E-state index contributed by atoms with van der Waals surface area (Å²) in [5, 5.41) is 16.6. The van der Waals surface area contributed by atoms with Gasteiger partial charge in [0.25, 0.3) is 0 Å². The van der Waals surface area contributed by atoms with Gasteiger partial charge < -0.3 is 29.3 Å². The molecular formula is C48H55N3O6Si. The Balaban J connectivity index is 1.05. The molecule has 6 rings (SSSR count). The van der Waals surface area contributed by atoms with Crippen LogP contribution in [0.25, 0.3) is 22.0 Å². The van der Waals surface area contributed by atoms with Gasteiger partial charge in [-0.1, -0.05) is 112 Å². The number of anilines is 1. The molecule has 1 aromatic heterocycles. The molecule has 0 aliphatic rings. The molecule has 0 bridgehead atoms. The van der Waals surface area contributed by atoms with E-state index in [-0.39, 0.29) is 16.7 Å². The second kappa shape index (κ2) is 19.2. The van der Waals surface area contributed by atoms with E-state index < -0.39 is 14.4 Å². The van der Waals surface area contributed by atoms with Gasteiger partial charge in [0, 0.05) is 23.6 Å². The number of rotatable bonds is 18. The van der Waals surface area contributed by atoms with Crippen LogP contribution < -0.4 is 25.7 Å². The van der Waals surface area contributed by atoms with Crippen molar-refractivity contribution in [3.63, 3.8) is 0 Å². The Morgan fingerprint density at radius 1 is 0.793 bits per heavy atom. The fourth-order valence-electron chi connectivity index (χ4n) is 6.65. The van der Waals surface area contributed by atoms with E-state index in [1.54, 1.807) is 6.07 Å². The van der Waals surface area contributed by atoms with Crippen molar-refractivity contribution in [2.45, 2.75) is 70.9 Å². The third-order valence-corrected chi connectivity index (χ3v) is 15.3. The minimum Gasteiger partial charge on any atom is -0.494 e. The van der Waals surface area contributed by atoms with Crippen molar-refractivity contribution in [1.29, 1.82) is 0 Å². The molecule has 0 aliphatic carbocycles. The summed E-state index contributed by atoms with van der Waals surface area (Å²) in [7, 11) is -2.19. The molecule has 1 atom stereocenters. The van der Waals surface area contributed by atoms with Crippen LogP contribution in [0, 0.1) is 0 Å². The third kappa shape index (κ3) is 11.2. The topological polar surface area (TPSA) is 122 Å². The maximum atomic E-state index is 12.5. The lowest BCUT2D eigenvalue weighted by Crippen LogP contribution is -2.43. The van der Waals surface area contributed by atoms with Crippen molar-refractivity contribution >= 4 is 31.0 Å². The number of ether oxygens (including phenoxy) is 2. The van der Waals surface area contributed by atoms with Crippen LogP contribution in [0.4, 0.5) is 10.5 Å². The van der Waals surface area contributed by atoms with Crippen molar-refractivity contribution in [2.24, 2.45) is 0 Å². The average Bonchev–Trinajstić information content (AvgIpc) is 3.20. The molecule has 0 unspecified atom stereocenters. The van der Waals surface area contributed by atoms with E-state index >= 15 is 0 Å². The SMILES string of the molecule is CC(C)(C)[Si](C)(C)O[C@H](CNCCc1ccc(OCCCc2ccc(-c3ccccc3)c(NC(=O)O)c2)cc1)c1ccc(OCc2ccccc2)c2[nH]c(=O)ccc12. The number of amides is 1. The molecule has 0 saturated heterocycles. The van der Waals surface area contributed by atoms with Gasteiger partial charge in [0.15, 0.2) is 8.32 Å². The lowest BCUT2D eigenvalue weighted by Gasteiger charge is -2.39. The van der Waals surface area contributed by atoms with E-state index in [1.165, 1.54) is 5.56 Å². The fraction of sp³-hybridized carbons (Fsp3) is 0.292. The second-order valence-corrected chi connectivity index (χ2v) is 20.9. The number of nitrogens with one attached hydrogen (secondary N) is 3. The van der Waals surface area contributed by atoms with Gasteiger partial charge in [0.2, 0.25) is 5.56 Å². The minimum absolute atomic E-state index is 0.00895. The van der Waals surface area contributed by atoms with Gasteiger partial charge in [0.05, 0.1) is 23.9 Å². The average molecular weight is 798 g/mol. The number of carboxylic acid groups (broad SMARTS) is 1. The van der Waals surface area contributed by atoms with E-state index in [2.05, 4.69) is 67.7 Å². The molecule has 1 amide bonds. The summed E-state index contributed by atoms with van der Waals surface area (Å²) in [6.07, 6.45) is 1.05. The zero-order valence-electron chi connectivity index (χ0n) is 34.1. The largest absolute Gasteiger partial charge is 0.494 e. The molecule has 9 nitrogen and oxygen atoms in total. The summed E-state index contributed by atoms with van der Waals surface area (Å²) in [6.45, 7) is 13.6. The van der Waals surface area contributed by atoms with Crippen molar-refractivity contribution < 1.29 is 23.8 Å². The van der Waals surface area contributed by atoms with Crippen LogP contribution in [-0.2, 0) is 23.9 Å². The van der Waals surface area contributed by atoms with Crippen LogP contribution >= 0.6 is 0 Å². The summed E-state index contributed by atoms with van der Waals surface area (Å²) in [4.78, 5) is 27.1. The van der Waals surface area contributed by atoms with Gasteiger partial charge in [-0.25, -0.2) is 4.79 Å². The lowest BCUT2D eigenvalue weighted by molar-refractivity contribution is 0.182. The Kier molecular flexibility index (Phi) is 13.9. The first kappa shape index (κ1) is 41.9. The maximum absolute atomic E-state index is 12.5. The number of hydrogen-bond donors (Lipinski definition) is 4. The molecule has 5 aromatic carbocycles. The molecule has 0 spiro atoms. The number of H-pyrrole nitrogens is 1. The van der Waals surface area contributed by atoms with Gasteiger partial charge in [-0.05, 0) is 102 Å².